The molecule has 4 heteroatoms. The predicted octanol–water partition coefficient (Wildman–Crippen LogP) is 2.91. The lowest BCUT2D eigenvalue weighted by Gasteiger charge is -2.00. The summed E-state index contributed by atoms with van der Waals surface area (Å²) in [5.41, 5.74) is 0. The fourth-order valence-electron chi connectivity index (χ4n) is 0.822. The van der Waals surface area contributed by atoms with Crippen molar-refractivity contribution < 1.29 is 0 Å². The van der Waals surface area contributed by atoms with Crippen LogP contribution in [-0.2, 0) is 6.42 Å². The Kier molecular flexibility index (Phi) is 4.01. The van der Waals surface area contributed by atoms with Crippen molar-refractivity contribution in [2.45, 2.75) is 25.3 Å². The van der Waals surface area contributed by atoms with Gasteiger partial charge in [0, 0.05) is 12.5 Å². The second kappa shape index (κ2) is 4.82. The van der Waals surface area contributed by atoms with Crippen LogP contribution in [0.2, 0.25) is 0 Å². The first-order valence-corrected chi connectivity index (χ1v) is 5.70. The van der Waals surface area contributed by atoms with Crippen LogP contribution in [0.15, 0.2) is 15.7 Å². The zero-order valence-corrected chi connectivity index (χ0v) is 9.57. The number of halogens is 1. The fourth-order valence-corrected chi connectivity index (χ4v) is 2.06. The van der Waals surface area contributed by atoms with Gasteiger partial charge in [-0.05, 0) is 21.7 Å². The highest BCUT2D eigenvalue weighted by Crippen LogP contribution is 2.18. The van der Waals surface area contributed by atoms with E-state index >= 15 is 0 Å². The maximum atomic E-state index is 4.36. The Balaban J connectivity index is 2.90. The summed E-state index contributed by atoms with van der Waals surface area (Å²) in [4.78, 5) is 8.59. The maximum Gasteiger partial charge on any atom is 0.130 e. The van der Waals surface area contributed by atoms with E-state index in [1.807, 2.05) is 6.07 Å². The predicted molar refractivity (Wildman–Crippen MR) is 55.5 cm³/mol. The minimum absolute atomic E-state index is 0.880. The van der Waals surface area contributed by atoms with E-state index in [9.17, 15) is 0 Å². The number of hydrogen-bond donors (Lipinski definition) is 0. The van der Waals surface area contributed by atoms with Crippen molar-refractivity contribution in [1.82, 2.24) is 9.97 Å². The summed E-state index contributed by atoms with van der Waals surface area (Å²) in [6.07, 6.45) is 0.886. The molecule has 0 aliphatic rings. The van der Waals surface area contributed by atoms with E-state index in [0.29, 0.717) is 0 Å². The second-order valence-electron chi connectivity index (χ2n) is 2.23. The number of aromatic nitrogens is 2. The van der Waals surface area contributed by atoms with Gasteiger partial charge in [-0.3, -0.25) is 0 Å². The molecule has 2 nitrogen and oxygen atoms in total. The highest BCUT2D eigenvalue weighted by Gasteiger charge is 2.00. The molecule has 0 N–H and O–H groups in total. The number of thioether (sulfide) groups is 1. The molecule has 0 aliphatic heterocycles. The van der Waals surface area contributed by atoms with E-state index in [4.69, 9.17) is 0 Å². The van der Waals surface area contributed by atoms with Gasteiger partial charge in [0.05, 0.1) is 0 Å². The first-order chi connectivity index (χ1) is 5.76. The van der Waals surface area contributed by atoms with Gasteiger partial charge >= 0.3 is 0 Å². The largest absolute Gasteiger partial charge is 0.227 e. The molecule has 1 aromatic heterocycles. The molecule has 0 fully saturated rings. The highest BCUT2D eigenvalue weighted by molar-refractivity contribution is 9.10. The molecule has 0 aromatic carbocycles. The Bertz CT molecular complexity index is 265. The Labute approximate surface area is 85.3 Å². The van der Waals surface area contributed by atoms with Crippen molar-refractivity contribution in [1.29, 1.82) is 0 Å². The van der Waals surface area contributed by atoms with Crippen LogP contribution in [0.3, 0.4) is 0 Å². The van der Waals surface area contributed by atoms with Crippen LogP contribution in [-0.4, -0.2) is 15.7 Å². The van der Waals surface area contributed by atoms with Crippen LogP contribution in [0.25, 0.3) is 0 Å². The Hall–Kier alpha value is -0.0900. The van der Waals surface area contributed by atoms with Gasteiger partial charge in [-0.1, -0.05) is 13.8 Å². The molecule has 0 spiro atoms. The first-order valence-electron chi connectivity index (χ1n) is 3.92. The molecule has 66 valence electrons. The van der Waals surface area contributed by atoms with Gasteiger partial charge < -0.3 is 0 Å². The topological polar surface area (TPSA) is 25.8 Å². The molecular formula is C8H11BrN2S. The summed E-state index contributed by atoms with van der Waals surface area (Å²) in [5.74, 6) is 1.95. The fraction of sp³-hybridized carbons (Fsp3) is 0.500. The molecule has 0 amide bonds. The molecule has 0 saturated heterocycles. The van der Waals surface area contributed by atoms with Crippen LogP contribution in [0, 0.1) is 0 Å². The molecule has 1 heterocycles. The van der Waals surface area contributed by atoms with E-state index in [0.717, 1.165) is 27.6 Å². The summed E-state index contributed by atoms with van der Waals surface area (Å²) in [7, 11) is 0. The van der Waals surface area contributed by atoms with Gasteiger partial charge in [-0.2, -0.15) is 0 Å². The maximum absolute atomic E-state index is 4.36. The minimum Gasteiger partial charge on any atom is -0.227 e. The Morgan fingerprint density at radius 2 is 2.17 bits per heavy atom. The van der Waals surface area contributed by atoms with Crippen molar-refractivity contribution >= 4 is 27.7 Å². The normalized spacial score (nSPS) is 10.2. The Morgan fingerprint density at radius 3 is 2.75 bits per heavy atom. The van der Waals surface area contributed by atoms with Crippen LogP contribution in [0.1, 0.15) is 19.7 Å². The smallest absolute Gasteiger partial charge is 0.130 e. The van der Waals surface area contributed by atoms with Gasteiger partial charge in [0.2, 0.25) is 0 Å². The first kappa shape index (κ1) is 9.99. The quantitative estimate of drug-likeness (QED) is 0.606. The molecule has 12 heavy (non-hydrogen) atoms. The lowest BCUT2D eigenvalue weighted by Crippen LogP contribution is -1.94. The molecule has 1 rings (SSSR count). The summed E-state index contributed by atoms with van der Waals surface area (Å²) in [5, 5.41) is 1.05. The second-order valence-corrected chi connectivity index (χ2v) is 4.33. The molecular weight excluding hydrogens is 236 g/mol. The van der Waals surface area contributed by atoms with Crippen LogP contribution in [0.4, 0.5) is 0 Å². The van der Waals surface area contributed by atoms with E-state index in [1.54, 1.807) is 11.8 Å². The molecule has 0 saturated carbocycles. The van der Waals surface area contributed by atoms with E-state index in [2.05, 4.69) is 39.7 Å². The average Bonchev–Trinajstić information content (AvgIpc) is 2.04. The van der Waals surface area contributed by atoms with Crippen molar-refractivity contribution in [3.63, 3.8) is 0 Å². The standard InChI is InChI=1S/C8H11BrN2S/c1-3-7-10-6(9)5-8(11-7)12-4-2/h5H,3-4H2,1-2H3. The summed E-state index contributed by atoms with van der Waals surface area (Å²) in [6, 6.07) is 1.95. The van der Waals surface area contributed by atoms with Crippen molar-refractivity contribution in [2.75, 3.05) is 5.75 Å². The molecule has 0 radical (unpaired) electrons. The molecule has 0 atom stereocenters. The third-order valence-electron chi connectivity index (χ3n) is 1.33. The molecule has 0 bridgehead atoms. The van der Waals surface area contributed by atoms with Gasteiger partial charge in [0.25, 0.3) is 0 Å². The Morgan fingerprint density at radius 1 is 1.42 bits per heavy atom. The third-order valence-corrected chi connectivity index (χ3v) is 2.53. The van der Waals surface area contributed by atoms with Crippen LogP contribution in [0.5, 0.6) is 0 Å². The SMILES string of the molecule is CCSc1cc(Br)nc(CC)n1. The average molecular weight is 247 g/mol. The third kappa shape index (κ3) is 2.75. The number of rotatable bonds is 3. The molecule has 0 aliphatic carbocycles. The zero-order valence-electron chi connectivity index (χ0n) is 7.17. The minimum atomic E-state index is 0.880. The number of nitrogens with zero attached hydrogens (tertiary/aromatic N) is 2. The molecule has 0 unspecified atom stereocenters. The van der Waals surface area contributed by atoms with Gasteiger partial charge in [0.1, 0.15) is 15.5 Å². The van der Waals surface area contributed by atoms with E-state index < -0.39 is 0 Å². The van der Waals surface area contributed by atoms with Gasteiger partial charge in [-0.15, -0.1) is 11.8 Å². The monoisotopic (exact) mass is 246 g/mol. The van der Waals surface area contributed by atoms with Crippen LogP contribution >= 0.6 is 27.7 Å². The zero-order chi connectivity index (χ0) is 8.97. The van der Waals surface area contributed by atoms with Gasteiger partial charge in [0.15, 0.2) is 0 Å². The van der Waals surface area contributed by atoms with Crippen molar-refractivity contribution in [2.24, 2.45) is 0 Å². The number of hydrogen-bond acceptors (Lipinski definition) is 3. The van der Waals surface area contributed by atoms with Crippen molar-refractivity contribution in [3.05, 3.63) is 16.5 Å². The van der Waals surface area contributed by atoms with Crippen LogP contribution < -0.4 is 0 Å². The highest BCUT2D eigenvalue weighted by atomic mass is 79.9. The van der Waals surface area contributed by atoms with Crippen molar-refractivity contribution in [3.8, 4) is 0 Å². The lowest BCUT2D eigenvalue weighted by molar-refractivity contribution is 0.877. The van der Waals surface area contributed by atoms with Gasteiger partial charge in [-0.25, -0.2) is 9.97 Å². The van der Waals surface area contributed by atoms with E-state index in [1.165, 1.54) is 0 Å². The summed E-state index contributed by atoms with van der Waals surface area (Å²) >= 11 is 5.10. The lowest BCUT2D eigenvalue weighted by atomic mass is 10.4. The summed E-state index contributed by atoms with van der Waals surface area (Å²) < 4.78 is 0.880. The summed E-state index contributed by atoms with van der Waals surface area (Å²) in [6.45, 7) is 4.18. The molecule has 1 aromatic rings. The number of aryl methyl sites for hydroxylation is 1. The van der Waals surface area contributed by atoms with E-state index in [-0.39, 0.29) is 0 Å².